The van der Waals surface area contributed by atoms with Crippen LogP contribution in [0.2, 0.25) is 0 Å². The summed E-state index contributed by atoms with van der Waals surface area (Å²) in [6.07, 6.45) is 0.0379. The molecule has 1 aliphatic heterocycles. The summed E-state index contributed by atoms with van der Waals surface area (Å²) in [4.78, 5) is 24.9. The van der Waals surface area contributed by atoms with E-state index in [2.05, 4.69) is 5.32 Å². The number of hydrogen-bond donors (Lipinski definition) is 1. The highest BCUT2D eigenvalue weighted by molar-refractivity contribution is 8.01. The van der Waals surface area contributed by atoms with Crippen molar-refractivity contribution in [3.63, 3.8) is 0 Å². The number of benzene rings is 2. The second-order valence-corrected chi connectivity index (χ2v) is 6.42. The van der Waals surface area contributed by atoms with Crippen LogP contribution >= 0.6 is 11.8 Å². The third-order valence-corrected chi connectivity index (χ3v) is 4.69. The van der Waals surface area contributed by atoms with Gasteiger partial charge in [-0.05, 0) is 24.3 Å². The molecule has 1 N–H and O–H groups in total. The molecule has 5 nitrogen and oxygen atoms in total. The van der Waals surface area contributed by atoms with E-state index >= 15 is 0 Å². The summed E-state index contributed by atoms with van der Waals surface area (Å²) >= 11 is 1.39. The van der Waals surface area contributed by atoms with Gasteiger partial charge in [0, 0.05) is 4.90 Å². The first-order valence-corrected chi connectivity index (χ1v) is 8.50. The van der Waals surface area contributed by atoms with Crippen LogP contribution in [0.25, 0.3) is 0 Å². The van der Waals surface area contributed by atoms with E-state index in [1.165, 1.54) is 11.8 Å². The second-order valence-electron chi connectivity index (χ2n) is 5.18. The Hall–Kier alpha value is -2.47. The smallest absolute Gasteiger partial charge is 0.307 e. The van der Waals surface area contributed by atoms with Gasteiger partial charge in [-0.3, -0.25) is 9.59 Å². The zero-order chi connectivity index (χ0) is 16.8. The van der Waals surface area contributed by atoms with E-state index in [-0.39, 0.29) is 25.5 Å². The lowest BCUT2D eigenvalue weighted by Crippen LogP contribution is -2.31. The van der Waals surface area contributed by atoms with Crippen molar-refractivity contribution < 1.29 is 19.1 Å². The van der Waals surface area contributed by atoms with Gasteiger partial charge in [-0.25, -0.2) is 0 Å². The average Bonchev–Trinajstić information content (AvgIpc) is 2.60. The van der Waals surface area contributed by atoms with Crippen LogP contribution in [-0.2, 0) is 14.3 Å². The zero-order valence-electron chi connectivity index (χ0n) is 12.9. The molecular weight excluding hydrogens is 326 g/mol. The molecule has 0 saturated carbocycles. The third kappa shape index (κ3) is 4.29. The molecule has 0 bridgehead atoms. The zero-order valence-corrected chi connectivity index (χ0v) is 13.8. The number of nitrogens with one attached hydrogen (secondary N) is 1. The minimum absolute atomic E-state index is 0.0379. The van der Waals surface area contributed by atoms with Gasteiger partial charge in [-0.2, -0.15) is 0 Å². The van der Waals surface area contributed by atoms with E-state index in [1.807, 2.05) is 54.6 Å². The van der Waals surface area contributed by atoms with Gasteiger partial charge in [0.1, 0.15) is 19.0 Å². The summed E-state index contributed by atoms with van der Waals surface area (Å²) in [6.45, 7) is 0.436. The quantitative estimate of drug-likeness (QED) is 0.645. The molecule has 1 atom stereocenters. The lowest BCUT2D eigenvalue weighted by Gasteiger charge is -2.23. The van der Waals surface area contributed by atoms with Crippen molar-refractivity contribution in [3.8, 4) is 5.75 Å². The van der Waals surface area contributed by atoms with Crippen LogP contribution < -0.4 is 10.1 Å². The summed E-state index contributed by atoms with van der Waals surface area (Å²) in [6, 6.07) is 16.8. The predicted octanol–water partition coefficient (Wildman–Crippen LogP) is 3.11. The molecule has 2 aromatic rings. The first-order valence-electron chi connectivity index (χ1n) is 7.62. The van der Waals surface area contributed by atoms with Crippen LogP contribution in [0.3, 0.4) is 0 Å². The van der Waals surface area contributed by atoms with E-state index in [0.29, 0.717) is 0 Å². The van der Waals surface area contributed by atoms with Crippen molar-refractivity contribution in [1.82, 2.24) is 0 Å². The van der Waals surface area contributed by atoms with Crippen LogP contribution in [-0.4, -0.2) is 30.3 Å². The van der Waals surface area contributed by atoms with Crippen LogP contribution in [0.5, 0.6) is 5.75 Å². The number of fused-ring (bicyclic) bond motifs is 1. The Labute approximate surface area is 144 Å². The lowest BCUT2D eigenvalue weighted by atomic mass is 10.2. The largest absolute Gasteiger partial charge is 0.490 e. The first kappa shape index (κ1) is 16.4. The molecule has 124 valence electrons. The fourth-order valence-electron chi connectivity index (χ4n) is 2.27. The van der Waals surface area contributed by atoms with E-state index in [0.717, 1.165) is 16.3 Å². The Bertz CT molecular complexity index is 720. The summed E-state index contributed by atoms with van der Waals surface area (Å²) in [5, 5.41) is 2.34. The van der Waals surface area contributed by atoms with Gasteiger partial charge in [0.05, 0.1) is 17.4 Å². The van der Waals surface area contributed by atoms with E-state index in [1.54, 1.807) is 0 Å². The molecule has 0 aromatic heterocycles. The summed E-state index contributed by atoms with van der Waals surface area (Å²) < 4.78 is 10.6. The predicted molar refractivity (Wildman–Crippen MR) is 92.2 cm³/mol. The van der Waals surface area contributed by atoms with Crippen molar-refractivity contribution >= 4 is 29.3 Å². The molecule has 0 saturated heterocycles. The van der Waals surface area contributed by atoms with Gasteiger partial charge in [-0.15, -0.1) is 11.8 Å². The van der Waals surface area contributed by atoms with Crippen LogP contribution in [0.1, 0.15) is 6.42 Å². The number of rotatable bonds is 6. The van der Waals surface area contributed by atoms with Gasteiger partial charge in [0.2, 0.25) is 5.91 Å². The molecule has 2 aromatic carbocycles. The van der Waals surface area contributed by atoms with Gasteiger partial charge in [0.15, 0.2) is 0 Å². The van der Waals surface area contributed by atoms with Crippen molar-refractivity contribution in [3.05, 3.63) is 54.6 Å². The highest BCUT2D eigenvalue weighted by Gasteiger charge is 2.29. The topological polar surface area (TPSA) is 64.6 Å². The maximum absolute atomic E-state index is 12.0. The molecular formula is C18H17NO4S. The number of carbonyl (C=O) groups is 2. The van der Waals surface area contributed by atoms with E-state index in [4.69, 9.17) is 9.47 Å². The highest BCUT2D eigenvalue weighted by atomic mass is 32.2. The maximum Gasteiger partial charge on any atom is 0.307 e. The third-order valence-electron chi connectivity index (χ3n) is 3.42. The molecule has 1 amide bonds. The minimum atomic E-state index is -0.470. The minimum Gasteiger partial charge on any atom is -0.490 e. The Morgan fingerprint density at radius 3 is 2.62 bits per heavy atom. The standard InChI is InChI=1S/C18H17NO4S/c20-17(23-11-10-22-13-6-2-1-3-7-13)12-16-18(21)19-14-8-4-5-9-15(14)24-16/h1-9,16H,10-12H2,(H,19,21)/t16-/m0/s1. The Balaban J connectivity index is 1.43. The Kier molecular flexibility index (Phi) is 5.38. The van der Waals surface area contributed by atoms with Crippen molar-refractivity contribution in [1.29, 1.82) is 0 Å². The molecule has 1 heterocycles. The maximum atomic E-state index is 12.0. The number of ether oxygens (including phenoxy) is 2. The summed E-state index contributed by atoms with van der Waals surface area (Å²) in [5.74, 6) is 0.155. The molecule has 6 heteroatoms. The Morgan fingerprint density at radius 2 is 1.79 bits per heavy atom. The lowest BCUT2D eigenvalue weighted by molar-refractivity contribution is -0.145. The van der Waals surface area contributed by atoms with Crippen LogP contribution in [0.4, 0.5) is 5.69 Å². The normalized spacial score (nSPS) is 16.0. The van der Waals surface area contributed by atoms with Gasteiger partial charge >= 0.3 is 5.97 Å². The monoisotopic (exact) mass is 343 g/mol. The van der Waals surface area contributed by atoms with Crippen molar-refractivity contribution in [2.75, 3.05) is 18.5 Å². The first-order chi connectivity index (χ1) is 11.7. The number of para-hydroxylation sites is 2. The number of amides is 1. The number of hydrogen-bond acceptors (Lipinski definition) is 5. The fraction of sp³-hybridized carbons (Fsp3) is 0.222. The second kappa shape index (κ2) is 7.88. The molecule has 24 heavy (non-hydrogen) atoms. The van der Waals surface area contributed by atoms with Gasteiger partial charge < -0.3 is 14.8 Å². The number of thioether (sulfide) groups is 1. The van der Waals surface area contributed by atoms with Crippen LogP contribution in [0, 0.1) is 0 Å². The van der Waals surface area contributed by atoms with E-state index in [9.17, 15) is 9.59 Å². The average molecular weight is 343 g/mol. The van der Waals surface area contributed by atoms with Crippen LogP contribution in [0.15, 0.2) is 59.5 Å². The molecule has 1 aliphatic rings. The van der Waals surface area contributed by atoms with Crippen molar-refractivity contribution in [2.24, 2.45) is 0 Å². The Morgan fingerprint density at radius 1 is 1.04 bits per heavy atom. The molecule has 0 spiro atoms. The van der Waals surface area contributed by atoms with Gasteiger partial charge in [-0.1, -0.05) is 30.3 Å². The number of anilines is 1. The summed E-state index contributed by atoms with van der Waals surface area (Å²) in [7, 11) is 0. The highest BCUT2D eigenvalue weighted by Crippen LogP contribution is 2.36. The van der Waals surface area contributed by atoms with Crippen molar-refractivity contribution in [2.45, 2.75) is 16.6 Å². The molecule has 3 rings (SSSR count). The fourth-order valence-corrected chi connectivity index (χ4v) is 3.36. The number of esters is 1. The molecule has 0 unspecified atom stereocenters. The van der Waals surface area contributed by atoms with E-state index < -0.39 is 11.2 Å². The molecule has 0 aliphatic carbocycles. The molecule has 0 radical (unpaired) electrons. The summed E-state index contributed by atoms with van der Waals surface area (Å²) in [5.41, 5.74) is 0.786. The van der Waals surface area contributed by atoms with Gasteiger partial charge in [0.25, 0.3) is 0 Å². The molecule has 0 fully saturated rings. The SMILES string of the molecule is O=C(C[C@@H]1Sc2ccccc2NC1=O)OCCOc1ccccc1. The number of carbonyl (C=O) groups excluding carboxylic acids is 2.